The number of anilines is 1. The molecule has 1 atom stereocenters. The molecule has 0 aliphatic carbocycles. The number of nitrogens with zero attached hydrogens (tertiary/aromatic N) is 2. The van der Waals surface area contributed by atoms with Crippen LogP contribution >= 0.6 is 0 Å². The summed E-state index contributed by atoms with van der Waals surface area (Å²) in [5.74, 6) is -3.57. The van der Waals surface area contributed by atoms with E-state index in [9.17, 15) is 22.0 Å². The maximum atomic E-state index is 14.7. The van der Waals surface area contributed by atoms with Gasteiger partial charge in [-0.3, -0.25) is 9.79 Å². The second-order valence-corrected chi connectivity index (χ2v) is 10.4. The van der Waals surface area contributed by atoms with Gasteiger partial charge < -0.3 is 15.8 Å². The highest BCUT2D eigenvalue weighted by Gasteiger charge is 2.49. The average Bonchev–Trinajstić information content (AvgIpc) is 2.68. The van der Waals surface area contributed by atoms with Gasteiger partial charge in [0.05, 0.1) is 19.1 Å². The summed E-state index contributed by atoms with van der Waals surface area (Å²) < 4.78 is 58.1. The third-order valence-corrected chi connectivity index (χ3v) is 8.01. The van der Waals surface area contributed by atoms with Crippen molar-refractivity contribution in [2.45, 2.75) is 31.1 Å². The van der Waals surface area contributed by atoms with Gasteiger partial charge in [-0.05, 0) is 39.0 Å². The first kappa shape index (κ1) is 22.6. The zero-order valence-electron chi connectivity index (χ0n) is 17.4. The molecule has 0 spiro atoms. The molecule has 0 saturated carbocycles. The topological polar surface area (TPSA) is 124 Å². The fourth-order valence-corrected chi connectivity index (χ4v) is 4.85. The molecule has 1 unspecified atom stereocenters. The van der Waals surface area contributed by atoms with Gasteiger partial charge in [-0.15, -0.1) is 0 Å². The van der Waals surface area contributed by atoms with Crippen molar-refractivity contribution < 1.29 is 26.7 Å². The van der Waals surface area contributed by atoms with Gasteiger partial charge >= 0.3 is 0 Å². The zero-order valence-corrected chi connectivity index (χ0v) is 18.2. The highest BCUT2D eigenvalue weighted by Crippen LogP contribution is 2.39. The Morgan fingerprint density at radius 3 is 2.45 bits per heavy atom. The first-order valence-electron chi connectivity index (χ1n) is 9.20. The van der Waals surface area contributed by atoms with Crippen LogP contribution in [0.1, 0.15) is 36.8 Å². The number of carbonyl (C=O) groups excluding carboxylic acids is 1. The lowest BCUT2D eigenvalue weighted by Gasteiger charge is -2.38. The van der Waals surface area contributed by atoms with Crippen LogP contribution in [0.4, 0.5) is 14.5 Å². The molecule has 1 amide bonds. The quantitative estimate of drug-likeness (QED) is 0.734. The lowest BCUT2D eigenvalue weighted by atomic mass is 9.92. The lowest BCUT2D eigenvalue weighted by molar-refractivity contribution is 0.102. The minimum absolute atomic E-state index is 0.0163. The van der Waals surface area contributed by atoms with E-state index in [-0.39, 0.29) is 22.8 Å². The fraction of sp³-hybridized carbons (Fsp3) is 0.350. The predicted octanol–water partition coefficient (Wildman–Crippen LogP) is 2.40. The molecule has 166 valence electrons. The molecule has 1 aromatic heterocycles. The molecule has 3 N–H and O–H groups in total. The van der Waals surface area contributed by atoms with Crippen LogP contribution < -0.4 is 15.8 Å². The van der Waals surface area contributed by atoms with Crippen LogP contribution in [-0.4, -0.2) is 42.8 Å². The van der Waals surface area contributed by atoms with Crippen molar-refractivity contribution in [3.63, 3.8) is 0 Å². The van der Waals surface area contributed by atoms with E-state index < -0.39 is 43.4 Å². The molecule has 1 aliphatic rings. The van der Waals surface area contributed by atoms with E-state index in [0.29, 0.717) is 5.75 Å². The van der Waals surface area contributed by atoms with Crippen molar-refractivity contribution in [2.24, 2.45) is 10.7 Å². The molecule has 2 heterocycles. The highest BCUT2D eigenvalue weighted by atomic mass is 32.2. The van der Waals surface area contributed by atoms with Crippen LogP contribution in [0.5, 0.6) is 5.75 Å². The van der Waals surface area contributed by atoms with Crippen LogP contribution in [0, 0.1) is 11.6 Å². The van der Waals surface area contributed by atoms with E-state index in [0.717, 1.165) is 12.1 Å². The van der Waals surface area contributed by atoms with Gasteiger partial charge in [0, 0.05) is 17.3 Å². The van der Waals surface area contributed by atoms with Crippen molar-refractivity contribution in [2.75, 3.05) is 18.2 Å². The molecule has 1 aliphatic heterocycles. The van der Waals surface area contributed by atoms with Crippen LogP contribution in [0.2, 0.25) is 0 Å². The molecular formula is C20H22F2N4O4S. The van der Waals surface area contributed by atoms with E-state index in [2.05, 4.69) is 15.3 Å². The number of aromatic nitrogens is 1. The molecule has 2 aromatic rings. The van der Waals surface area contributed by atoms with E-state index in [4.69, 9.17) is 10.5 Å². The molecule has 1 aromatic carbocycles. The Morgan fingerprint density at radius 1 is 1.23 bits per heavy atom. The number of ether oxygens (including phenoxy) is 1. The summed E-state index contributed by atoms with van der Waals surface area (Å²) in [6, 6.07) is 4.85. The molecule has 0 saturated heterocycles. The van der Waals surface area contributed by atoms with Crippen LogP contribution in [-0.2, 0) is 15.4 Å². The Morgan fingerprint density at radius 2 is 1.90 bits per heavy atom. The monoisotopic (exact) mass is 452 g/mol. The largest absolute Gasteiger partial charge is 0.495 e. The average molecular weight is 452 g/mol. The molecule has 11 heteroatoms. The molecule has 0 bridgehead atoms. The Kier molecular flexibility index (Phi) is 5.51. The van der Waals surface area contributed by atoms with Crippen molar-refractivity contribution in [1.29, 1.82) is 0 Å². The Balaban J connectivity index is 2.02. The number of nitrogens with one attached hydrogen (secondary N) is 1. The fourth-order valence-electron chi connectivity index (χ4n) is 3.16. The minimum Gasteiger partial charge on any atom is -0.495 e. The Bertz CT molecular complexity index is 1180. The second-order valence-electron chi connectivity index (χ2n) is 7.90. The SMILES string of the molecule is COc1ccc(C(=O)Nc2cc(F)c(F)c(C3(C)CS(=O)(=O)C(C)(C)C(N)=N3)c2)nc1. The van der Waals surface area contributed by atoms with Crippen LogP contribution in [0.25, 0.3) is 0 Å². The van der Waals surface area contributed by atoms with Crippen molar-refractivity contribution in [3.05, 3.63) is 53.4 Å². The third kappa shape index (κ3) is 3.97. The smallest absolute Gasteiger partial charge is 0.274 e. The van der Waals surface area contributed by atoms with Crippen LogP contribution in [0.3, 0.4) is 0 Å². The first-order valence-corrected chi connectivity index (χ1v) is 10.8. The minimum atomic E-state index is -3.84. The van der Waals surface area contributed by atoms with Crippen molar-refractivity contribution in [3.8, 4) is 5.75 Å². The highest BCUT2D eigenvalue weighted by molar-refractivity contribution is 7.93. The van der Waals surface area contributed by atoms with Crippen LogP contribution in [0.15, 0.2) is 35.5 Å². The van der Waals surface area contributed by atoms with Gasteiger partial charge in [0.25, 0.3) is 5.91 Å². The second kappa shape index (κ2) is 7.56. The van der Waals surface area contributed by atoms with E-state index in [1.807, 2.05) is 0 Å². The molecule has 8 nitrogen and oxygen atoms in total. The number of amidine groups is 1. The summed E-state index contributed by atoms with van der Waals surface area (Å²) in [7, 11) is -2.39. The van der Waals surface area contributed by atoms with Crippen molar-refractivity contribution >= 4 is 27.3 Å². The van der Waals surface area contributed by atoms with Gasteiger partial charge in [-0.1, -0.05) is 0 Å². The predicted molar refractivity (Wildman–Crippen MR) is 112 cm³/mol. The molecule has 0 radical (unpaired) electrons. The van der Waals surface area contributed by atoms with Gasteiger partial charge in [-0.25, -0.2) is 22.2 Å². The summed E-state index contributed by atoms with van der Waals surface area (Å²) in [4.78, 5) is 20.6. The number of halogens is 2. The molecule has 0 fully saturated rings. The number of hydrogen-bond donors (Lipinski definition) is 2. The molecule has 3 rings (SSSR count). The molecular weight excluding hydrogens is 430 g/mol. The summed E-state index contributed by atoms with van der Waals surface area (Å²) in [5, 5.41) is 2.43. The summed E-state index contributed by atoms with van der Waals surface area (Å²) in [6.45, 7) is 4.15. The van der Waals surface area contributed by atoms with E-state index in [1.54, 1.807) is 0 Å². The third-order valence-electron chi connectivity index (χ3n) is 5.30. The van der Waals surface area contributed by atoms with E-state index in [1.165, 1.54) is 46.2 Å². The maximum absolute atomic E-state index is 14.7. The number of amides is 1. The van der Waals surface area contributed by atoms with Gasteiger partial charge in [0.1, 0.15) is 27.6 Å². The number of aliphatic imine (C=N–C) groups is 1. The maximum Gasteiger partial charge on any atom is 0.274 e. The zero-order chi connectivity index (χ0) is 23.2. The Labute approximate surface area is 178 Å². The summed E-state index contributed by atoms with van der Waals surface area (Å²) >= 11 is 0. The number of sulfone groups is 1. The first-order chi connectivity index (χ1) is 14.3. The molecule has 31 heavy (non-hydrogen) atoms. The normalized spacial score (nSPS) is 21.8. The summed E-state index contributed by atoms with van der Waals surface area (Å²) in [6.07, 6.45) is 1.33. The standard InChI is InChI=1S/C20H22F2N4O4S/c1-19(2)18(23)26-20(3,10-31(19,28)29)13-7-11(8-14(21)16(13)22)25-17(27)15-6-5-12(30-4)9-24-15/h5-9H,10H2,1-4H3,(H2,23,26)(H,25,27). The number of methoxy groups -OCH3 is 1. The van der Waals surface area contributed by atoms with E-state index >= 15 is 0 Å². The number of rotatable bonds is 4. The number of benzene rings is 1. The summed E-state index contributed by atoms with van der Waals surface area (Å²) in [5.41, 5.74) is 3.78. The number of pyridine rings is 1. The number of hydrogen-bond acceptors (Lipinski definition) is 7. The lowest BCUT2D eigenvalue weighted by Crippen LogP contribution is -2.55. The van der Waals surface area contributed by atoms with Crippen molar-refractivity contribution in [1.82, 2.24) is 4.98 Å². The van der Waals surface area contributed by atoms with Gasteiger partial charge in [-0.2, -0.15) is 0 Å². The number of carbonyl (C=O) groups is 1. The Hall–Kier alpha value is -3.08. The van der Waals surface area contributed by atoms with Gasteiger partial charge in [0.2, 0.25) is 0 Å². The van der Waals surface area contributed by atoms with Gasteiger partial charge in [0.15, 0.2) is 21.5 Å². The number of nitrogens with two attached hydrogens (primary N) is 1.